The van der Waals surface area contributed by atoms with Crippen molar-refractivity contribution >= 4 is 29.2 Å². The minimum absolute atomic E-state index is 0.00299. The molecule has 0 bridgehead atoms. The van der Waals surface area contributed by atoms with Crippen LogP contribution >= 0.6 is 12.2 Å². The van der Waals surface area contributed by atoms with Gasteiger partial charge in [0.15, 0.2) is 5.11 Å². The highest BCUT2D eigenvalue weighted by Crippen LogP contribution is 2.67. The van der Waals surface area contributed by atoms with Crippen molar-refractivity contribution in [1.82, 2.24) is 10.2 Å². The van der Waals surface area contributed by atoms with Crippen molar-refractivity contribution in [3.63, 3.8) is 0 Å². The van der Waals surface area contributed by atoms with Crippen molar-refractivity contribution in [1.29, 1.82) is 0 Å². The molecule has 7 atom stereocenters. The summed E-state index contributed by atoms with van der Waals surface area (Å²) < 4.78 is 0. The lowest BCUT2D eigenvalue weighted by atomic mass is 9.46. The molecule has 194 valence electrons. The number of carboxylic acids is 1. The minimum Gasteiger partial charge on any atom is -0.478 e. The summed E-state index contributed by atoms with van der Waals surface area (Å²) in [6, 6.07) is 0.216. The van der Waals surface area contributed by atoms with Crippen molar-refractivity contribution in [3.05, 3.63) is 23.3 Å². The SMILES string of the molecule is CC(C)NC(=S)N(C(=O)[C@H]1CC[C@H]2[C@@H]3CC=C4C=C(C(=O)O)CC(C)[C@]4(C)[C@H]3CC[C@]12C)C(C)C. The van der Waals surface area contributed by atoms with Crippen molar-refractivity contribution < 1.29 is 14.7 Å². The van der Waals surface area contributed by atoms with Crippen LogP contribution in [0.3, 0.4) is 0 Å². The normalized spacial score (nSPS) is 38.1. The summed E-state index contributed by atoms with van der Waals surface area (Å²) in [5.41, 5.74) is 1.78. The van der Waals surface area contributed by atoms with E-state index >= 15 is 0 Å². The molecular weight excluding hydrogens is 456 g/mol. The summed E-state index contributed by atoms with van der Waals surface area (Å²) in [7, 11) is 0. The zero-order valence-corrected chi connectivity index (χ0v) is 23.4. The monoisotopic (exact) mass is 500 g/mol. The van der Waals surface area contributed by atoms with Gasteiger partial charge in [-0.05, 0) is 125 Å². The number of amides is 1. The van der Waals surface area contributed by atoms with Crippen LogP contribution in [0.25, 0.3) is 0 Å². The van der Waals surface area contributed by atoms with Gasteiger partial charge >= 0.3 is 5.97 Å². The third-order valence-corrected chi connectivity index (χ3v) is 10.6. The lowest BCUT2D eigenvalue weighted by Gasteiger charge is -2.58. The molecule has 0 aromatic rings. The molecule has 4 rings (SSSR count). The molecule has 0 aromatic carbocycles. The molecule has 5 nitrogen and oxygen atoms in total. The first kappa shape index (κ1) is 26.4. The maximum atomic E-state index is 14.0. The van der Waals surface area contributed by atoms with Gasteiger partial charge in [0.05, 0.1) is 0 Å². The second kappa shape index (κ2) is 9.32. The van der Waals surface area contributed by atoms with E-state index in [4.69, 9.17) is 12.2 Å². The predicted octanol–water partition coefficient (Wildman–Crippen LogP) is 5.95. The van der Waals surface area contributed by atoms with Gasteiger partial charge < -0.3 is 10.4 Å². The number of nitrogens with one attached hydrogen (secondary N) is 1. The molecule has 0 aliphatic heterocycles. The van der Waals surface area contributed by atoms with E-state index < -0.39 is 5.97 Å². The highest BCUT2D eigenvalue weighted by Gasteiger charge is 2.61. The molecule has 1 amide bonds. The van der Waals surface area contributed by atoms with Gasteiger partial charge in [-0.2, -0.15) is 0 Å². The van der Waals surface area contributed by atoms with Crippen LogP contribution < -0.4 is 5.32 Å². The second-order valence-corrected chi connectivity index (χ2v) is 13.1. The van der Waals surface area contributed by atoms with E-state index in [1.165, 1.54) is 5.57 Å². The van der Waals surface area contributed by atoms with Crippen molar-refractivity contribution in [2.75, 3.05) is 0 Å². The molecule has 2 saturated carbocycles. The Kier molecular flexibility index (Phi) is 7.02. The first-order valence-corrected chi connectivity index (χ1v) is 14.0. The maximum Gasteiger partial charge on any atom is 0.331 e. The summed E-state index contributed by atoms with van der Waals surface area (Å²) in [5.74, 6) is 1.33. The Bertz CT molecular complexity index is 969. The summed E-state index contributed by atoms with van der Waals surface area (Å²) in [5, 5.41) is 13.5. The Balaban J connectivity index is 1.62. The number of nitrogens with zero attached hydrogens (tertiary/aromatic N) is 1. The van der Waals surface area contributed by atoms with Gasteiger partial charge in [0, 0.05) is 23.6 Å². The van der Waals surface area contributed by atoms with Crippen LogP contribution in [0.15, 0.2) is 23.3 Å². The van der Waals surface area contributed by atoms with E-state index in [-0.39, 0.29) is 34.7 Å². The molecule has 2 N–H and O–H groups in total. The lowest BCUT2D eigenvalue weighted by Crippen LogP contribution is -2.55. The number of carbonyl (C=O) groups is 2. The number of allylic oxidation sites excluding steroid dienone is 3. The van der Waals surface area contributed by atoms with Crippen molar-refractivity contribution in [2.24, 2.45) is 40.4 Å². The Hall–Kier alpha value is -1.69. The Labute approximate surface area is 216 Å². The Morgan fingerprint density at radius 3 is 2.43 bits per heavy atom. The molecule has 0 aromatic heterocycles. The quantitative estimate of drug-likeness (QED) is 0.467. The number of thiocarbonyl (C=S) groups is 1. The Morgan fingerprint density at radius 2 is 1.83 bits per heavy atom. The summed E-state index contributed by atoms with van der Waals surface area (Å²) in [6.07, 6.45) is 10.1. The number of fused-ring (bicyclic) bond motifs is 5. The van der Waals surface area contributed by atoms with E-state index in [1.807, 2.05) is 11.0 Å². The number of hydrogen-bond acceptors (Lipinski definition) is 3. The van der Waals surface area contributed by atoms with Crippen LogP contribution in [0.4, 0.5) is 0 Å². The maximum absolute atomic E-state index is 14.0. The molecule has 35 heavy (non-hydrogen) atoms. The fraction of sp³-hybridized carbons (Fsp3) is 0.759. The average molecular weight is 501 g/mol. The molecule has 1 unspecified atom stereocenters. The first-order chi connectivity index (χ1) is 16.3. The first-order valence-electron chi connectivity index (χ1n) is 13.6. The smallest absolute Gasteiger partial charge is 0.331 e. The van der Waals surface area contributed by atoms with Gasteiger partial charge in [-0.3, -0.25) is 9.69 Å². The molecule has 0 saturated heterocycles. The number of rotatable bonds is 4. The van der Waals surface area contributed by atoms with Crippen LogP contribution in [0.1, 0.15) is 87.0 Å². The van der Waals surface area contributed by atoms with E-state index in [9.17, 15) is 14.7 Å². The molecule has 0 heterocycles. The highest BCUT2D eigenvalue weighted by atomic mass is 32.1. The predicted molar refractivity (Wildman–Crippen MR) is 144 cm³/mol. The zero-order valence-electron chi connectivity index (χ0n) is 22.6. The molecule has 4 aliphatic carbocycles. The second-order valence-electron chi connectivity index (χ2n) is 12.7. The van der Waals surface area contributed by atoms with E-state index in [0.29, 0.717) is 40.8 Å². The van der Waals surface area contributed by atoms with Gasteiger partial charge in [0.1, 0.15) is 0 Å². The zero-order chi connectivity index (χ0) is 25.9. The van der Waals surface area contributed by atoms with Crippen LogP contribution in [0.5, 0.6) is 0 Å². The van der Waals surface area contributed by atoms with Crippen molar-refractivity contribution in [3.8, 4) is 0 Å². The van der Waals surface area contributed by atoms with Crippen LogP contribution in [-0.4, -0.2) is 39.1 Å². The van der Waals surface area contributed by atoms with Gasteiger partial charge in [0.25, 0.3) is 0 Å². The standard InChI is InChI=1S/C29H44N2O3S/c1-16(2)30-27(35)31(17(3)4)25(32)24-11-10-22-21-9-8-20-15-19(26(33)34)14-18(5)29(20,7)23(21)12-13-28(22,24)6/h8,15-18,21-24H,9-14H2,1-7H3,(H,30,35)(H,33,34)/t18?,21-,22-,23-,24+,28-,29-/m0/s1. The largest absolute Gasteiger partial charge is 0.478 e. The number of carboxylic acid groups (broad SMARTS) is 1. The summed E-state index contributed by atoms with van der Waals surface area (Å²) in [4.78, 5) is 27.5. The molecule has 6 heteroatoms. The highest BCUT2D eigenvalue weighted by molar-refractivity contribution is 7.80. The molecule has 0 radical (unpaired) electrons. The van der Waals surface area contributed by atoms with Crippen LogP contribution in [-0.2, 0) is 9.59 Å². The van der Waals surface area contributed by atoms with Gasteiger partial charge in [-0.15, -0.1) is 0 Å². The molecular formula is C29H44N2O3S. The summed E-state index contributed by atoms with van der Waals surface area (Å²) >= 11 is 5.67. The summed E-state index contributed by atoms with van der Waals surface area (Å²) in [6.45, 7) is 15.2. The van der Waals surface area contributed by atoms with Gasteiger partial charge in [-0.1, -0.05) is 26.8 Å². The third kappa shape index (κ3) is 4.18. The van der Waals surface area contributed by atoms with E-state index in [1.54, 1.807) is 0 Å². The fourth-order valence-corrected chi connectivity index (χ4v) is 8.88. The molecule has 4 aliphatic rings. The average Bonchev–Trinajstić information content (AvgIpc) is 3.10. The van der Waals surface area contributed by atoms with E-state index in [2.05, 4.69) is 59.9 Å². The van der Waals surface area contributed by atoms with E-state index in [0.717, 1.165) is 32.1 Å². The van der Waals surface area contributed by atoms with Gasteiger partial charge in [-0.25, -0.2) is 4.79 Å². The Morgan fingerprint density at radius 1 is 1.14 bits per heavy atom. The van der Waals surface area contributed by atoms with Crippen LogP contribution in [0, 0.1) is 40.4 Å². The molecule has 0 spiro atoms. The number of hydrogen-bond donors (Lipinski definition) is 2. The van der Waals surface area contributed by atoms with Crippen LogP contribution in [0.2, 0.25) is 0 Å². The topological polar surface area (TPSA) is 69.6 Å². The van der Waals surface area contributed by atoms with Crippen molar-refractivity contribution in [2.45, 2.75) is 99.1 Å². The lowest BCUT2D eigenvalue weighted by molar-refractivity contribution is -0.139. The number of carbonyl (C=O) groups excluding carboxylic acids is 1. The fourth-order valence-electron chi connectivity index (χ4n) is 8.34. The van der Waals surface area contributed by atoms with Gasteiger partial charge in [0.2, 0.25) is 5.91 Å². The minimum atomic E-state index is -0.783. The third-order valence-electron chi connectivity index (χ3n) is 10.3. The number of aliphatic carboxylic acids is 1. The molecule has 2 fully saturated rings.